The van der Waals surface area contributed by atoms with Crippen LogP contribution in [0.1, 0.15) is 23.4 Å². The molecule has 1 aliphatic heterocycles. The van der Waals surface area contributed by atoms with Gasteiger partial charge in [0.15, 0.2) is 12.4 Å². The molecule has 1 aromatic carbocycles. The average molecular weight is 451 g/mol. The lowest BCUT2D eigenvalue weighted by molar-refractivity contribution is -0.149. The fraction of sp³-hybridized carbons (Fsp3) is 0.474. The Morgan fingerprint density at radius 1 is 1.26 bits per heavy atom. The molecule has 3 N–H and O–H groups in total. The molecule has 0 saturated carbocycles. The van der Waals surface area contributed by atoms with Crippen molar-refractivity contribution in [3.63, 3.8) is 0 Å². The maximum atomic E-state index is 13.1. The summed E-state index contributed by atoms with van der Waals surface area (Å²) in [5.74, 6) is -0.394. The highest BCUT2D eigenvalue weighted by Gasteiger charge is 2.44. The number of esters is 1. The largest absolute Gasteiger partial charge is 0.456 e. The number of aryl methyl sites for hydroxylation is 2. The number of nitrogens with zero attached hydrogens (tertiary/aromatic N) is 5. The van der Waals surface area contributed by atoms with Crippen molar-refractivity contribution in [1.82, 2.24) is 19.3 Å². The van der Waals surface area contributed by atoms with Gasteiger partial charge in [-0.3, -0.25) is 4.79 Å². The first-order chi connectivity index (χ1) is 14.5. The van der Waals surface area contributed by atoms with Crippen LogP contribution in [0.3, 0.4) is 0 Å². The quantitative estimate of drug-likeness (QED) is 0.575. The summed E-state index contributed by atoms with van der Waals surface area (Å²) < 4.78 is 32.6. The predicted molar refractivity (Wildman–Crippen MR) is 113 cm³/mol. The lowest BCUT2D eigenvalue weighted by Gasteiger charge is -2.22. The monoisotopic (exact) mass is 450 g/mol. The molecule has 11 nitrogen and oxygen atoms in total. The van der Waals surface area contributed by atoms with Gasteiger partial charge in [-0.1, -0.05) is 6.07 Å². The van der Waals surface area contributed by atoms with Crippen LogP contribution in [0.4, 0.5) is 11.9 Å². The van der Waals surface area contributed by atoms with Crippen LogP contribution in [-0.4, -0.2) is 71.5 Å². The lowest BCUT2D eigenvalue weighted by atomic mass is 10.1. The van der Waals surface area contributed by atoms with E-state index in [0.29, 0.717) is 5.95 Å². The van der Waals surface area contributed by atoms with Gasteiger partial charge in [0.05, 0.1) is 11.0 Å². The van der Waals surface area contributed by atoms with Crippen LogP contribution in [0.25, 0.3) is 0 Å². The Bertz CT molecular complexity index is 1090. The van der Waals surface area contributed by atoms with Crippen molar-refractivity contribution in [2.75, 3.05) is 31.3 Å². The number of benzene rings is 1. The summed E-state index contributed by atoms with van der Waals surface area (Å²) in [4.78, 5) is 26.4. The van der Waals surface area contributed by atoms with E-state index in [1.165, 1.54) is 6.07 Å². The van der Waals surface area contributed by atoms with Crippen molar-refractivity contribution in [3.05, 3.63) is 35.2 Å². The molecule has 1 aromatic heterocycles. The number of aromatic nitrogens is 3. The first-order valence-electron chi connectivity index (χ1n) is 9.60. The number of hydrogen-bond donors (Lipinski definition) is 2. The third-order valence-corrected chi connectivity index (χ3v) is 6.89. The summed E-state index contributed by atoms with van der Waals surface area (Å²) in [7, 11) is -0.564. The van der Waals surface area contributed by atoms with Gasteiger partial charge in [0, 0.05) is 27.1 Å². The summed E-state index contributed by atoms with van der Waals surface area (Å²) in [6.45, 7) is 3.18. The highest BCUT2D eigenvalue weighted by atomic mass is 32.2. The van der Waals surface area contributed by atoms with Gasteiger partial charge in [-0.25, -0.2) is 8.42 Å². The Labute approximate surface area is 180 Å². The van der Waals surface area contributed by atoms with Crippen molar-refractivity contribution in [2.24, 2.45) is 0 Å². The summed E-state index contributed by atoms with van der Waals surface area (Å²) in [6.07, 6.45) is -1.04. The molecule has 168 valence electrons. The molecule has 0 bridgehead atoms. The van der Waals surface area contributed by atoms with Gasteiger partial charge in [-0.2, -0.15) is 19.3 Å². The molecule has 31 heavy (non-hydrogen) atoms. The minimum Gasteiger partial charge on any atom is -0.456 e. The van der Waals surface area contributed by atoms with Crippen LogP contribution in [0.5, 0.6) is 0 Å². The van der Waals surface area contributed by atoms with E-state index in [0.717, 1.165) is 15.4 Å². The number of carbonyl (C=O) groups excluding carboxylic acids is 1. The zero-order chi connectivity index (χ0) is 22.9. The number of ether oxygens (including phenoxy) is 1. The third kappa shape index (κ3) is 4.92. The third-order valence-electron chi connectivity index (χ3n) is 5.02. The van der Waals surface area contributed by atoms with Gasteiger partial charge >= 0.3 is 5.97 Å². The van der Waals surface area contributed by atoms with Gasteiger partial charge in [0.25, 0.3) is 0 Å². The number of aliphatic hydroxyl groups excluding tert-OH is 1. The normalized spacial score (nSPS) is 19.4. The topological polar surface area (TPSA) is 152 Å². The lowest BCUT2D eigenvalue weighted by Crippen LogP contribution is -2.41. The van der Waals surface area contributed by atoms with Crippen LogP contribution >= 0.6 is 0 Å². The van der Waals surface area contributed by atoms with E-state index < -0.39 is 28.1 Å². The smallest absolute Gasteiger partial charge is 0.325 e. The molecule has 1 fully saturated rings. The van der Waals surface area contributed by atoms with E-state index in [1.54, 1.807) is 38.1 Å². The highest BCUT2D eigenvalue weighted by molar-refractivity contribution is 7.89. The van der Waals surface area contributed by atoms with Gasteiger partial charge < -0.3 is 20.5 Å². The number of rotatable bonds is 6. The van der Waals surface area contributed by atoms with E-state index in [9.17, 15) is 18.3 Å². The van der Waals surface area contributed by atoms with Gasteiger partial charge in [-0.15, -0.1) is 0 Å². The average Bonchev–Trinajstić information content (AvgIpc) is 3.10. The minimum absolute atomic E-state index is 0.0278. The minimum atomic E-state index is -4.01. The number of nitrogens with two attached hydrogens (primary N) is 1. The molecular formula is C19H26N6O5S. The highest BCUT2D eigenvalue weighted by Crippen LogP contribution is 2.28. The van der Waals surface area contributed by atoms with Gasteiger partial charge in [-0.05, 0) is 37.1 Å². The molecule has 2 heterocycles. The Balaban J connectivity index is 1.79. The van der Waals surface area contributed by atoms with Crippen molar-refractivity contribution >= 4 is 27.9 Å². The predicted octanol–water partition coefficient (Wildman–Crippen LogP) is 0.00394. The SMILES string of the molecule is Cc1ccc(S(=O)(=O)N2CC(O)CC2C(=O)OCc2nc(N)nc(N(C)C)n2)cc1C. The Hall–Kier alpha value is -2.83. The van der Waals surface area contributed by atoms with Crippen molar-refractivity contribution in [1.29, 1.82) is 0 Å². The van der Waals surface area contributed by atoms with Crippen LogP contribution < -0.4 is 10.6 Å². The molecule has 12 heteroatoms. The number of β-amino-alcohol motifs (C(OH)–C–C–N with tert-alkyl or cyclic N) is 1. The molecule has 2 atom stereocenters. The number of anilines is 2. The molecular weight excluding hydrogens is 424 g/mol. The van der Waals surface area contributed by atoms with E-state index in [4.69, 9.17) is 10.5 Å². The molecule has 3 rings (SSSR count). The zero-order valence-electron chi connectivity index (χ0n) is 17.8. The fourth-order valence-electron chi connectivity index (χ4n) is 3.20. The van der Waals surface area contributed by atoms with E-state index in [1.807, 2.05) is 6.92 Å². The van der Waals surface area contributed by atoms with Crippen molar-refractivity contribution < 1.29 is 23.1 Å². The Morgan fingerprint density at radius 3 is 2.61 bits per heavy atom. The van der Waals surface area contributed by atoms with E-state index in [2.05, 4.69) is 15.0 Å². The van der Waals surface area contributed by atoms with Gasteiger partial charge in [0.2, 0.25) is 21.9 Å². The maximum absolute atomic E-state index is 13.1. The second-order valence-corrected chi connectivity index (χ2v) is 9.53. The Kier molecular flexibility index (Phi) is 6.43. The first kappa shape index (κ1) is 22.8. The molecule has 2 unspecified atom stereocenters. The van der Waals surface area contributed by atoms with Crippen LogP contribution in [-0.2, 0) is 26.2 Å². The van der Waals surface area contributed by atoms with E-state index in [-0.39, 0.29) is 36.2 Å². The maximum Gasteiger partial charge on any atom is 0.325 e. The van der Waals surface area contributed by atoms with Crippen LogP contribution in [0, 0.1) is 13.8 Å². The molecule has 0 aliphatic carbocycles. The van der Waals surface area contributed by atoms with Crippen molar-refractivity contribution in [3.8, 4) is 0 Å². The standard InChI is InChI=1S/C19H26N6O5S/c1-11-5-6-14(7-12(11)2)31(28,29)25-9-13(26)8-15(25)17(27)30-10-16-21-18(20)23-19(22-16)24(3)4/h5-7,13,15,26H,8-10H2,1-4H3,(H2,20,21,22,23). The summed E-state index contributed by atoms with van der Waals surface area (Å²) in [5, 5.41) is 10.1. The number of hydrogen-bond acceptors (Lipinski definition) is 10. The molecule has 1 saturated heterocycles. The number of carbonyl (C=O) groups is 1. The number of nitrogen functional groups attached to an aromatic ring is 1. The second-order valence-electron chi connectivity index (χ2n) is 7.64. The second kappa shape index (κ2) is 8.73. The molecule has 0 radical (unpaired) electrons. The summed E-state index contributed by atoms with van der Waals surface area (Å²) in [6, 6.07) is 3.58. The van der Waals surface area contributed by atoms with Crippen LogP contribution in [0.15, 0.2) is 23.1 Å². The molecule has 1 aliphatic rings. The summed E-state index contributed by atoms with van der Waals surface area (Å²) in [5.41, 5.74) is 7.42. The molecule has 2 aromatic rings. The zero-order valence-corrected chi connectivity index (χ0v) is 18.6. The van der Waals surface area contributed by atoms with Gasteiger partial charge in [0.1, 0.15) is 6.04 Å². The Morgan fingerprint density at radius 2 is 1.97 bits per heavy atom. The summed E-state index contributed by atoms with van der Waals surface area (Å²) >= 11 is 0. The number of sulfonamides is 1. The number of aliphatic hydroxyl groups is 1. The van der Waals surface area contributed by atoms with E-state index >= 15 is 0 Å². The first-order valence-corrected chi connectivity index (χ1v) is 11.0. The molecule has 0 spiro atoms. The van der Waals surface area contributed by atoms with Crippen molar-refractivity contribution in [2.45, 2.75) is 43.9 Å². The fourth-order valence-corrected chi connectivity index (χ4v) is 4.91. The van der Waals surface area contributed by atoms with Crippen LogP contribution in [0.2, 0.25) is 0 Å². The molecule has 0 amide bonds.